The Bertz CT molecular complexity index is 516. The van der Waals surface area contributed by atoms with Crippen molar-refractivity contribution in [3.63, 3.8) is 0 Å². The van der Waals surface area contributed by atoms with E-state index in [9.17, 15) is 4.79 Å². The molecule has 0 unspecified atom stereocenters. The van der Waals surface area contributed by atoms with E-state index in [0.29, 0.717) is 0 Å². The van der Waals surface area contributed by atoms with Crippen LogP contribution in [0.15, 0.2) is 60.7 Å². The molecule has 0 bridgehead atoms. The highest BCUT2D eigenvalue weighted by atomic mass is 16.5. The molecule has 0 aromatic heterocycles. The maximum atomic E-state index is 11.7. The minimum Gasteiger partial charge on any atom is -0.359 e. The highest BCUT2D eigenvalue weighted by molar-refractivity contribution is 5.76. The van der Waals surface area contributed by atoms with Crippen molar-refractivity contribution in [2.75, 3.05) is 20.7 Å². The largest absolute Gasteiger partial charge is 0.359 e. The predicted octanol–water partition coefficient (Wildman–Crippen LogP) is 2.39. The predicted molar refractivity (Wildman–Crippen MR) is 82.5 cm³/mol. The summed E-state index contributed by atoms with van der Waals surface area (Å²) in [5.41, 5.74) is 4.73. The third-order valence-electron chi connectivity index (χ3n) is 2.93. The third kappa shape index (κ3) is 4.70. The van der Waals surface area contributed by atoms with Gasteiger partial charge in [-0.2, -0.15) is 0 Å². The molecular formula is C17H20N2O2. The van der Waals surface area contributed by atoms with Crippen molar-refractivity contribution in [3.05, 3.63) is 71.8 Å². The van der Waals surface area contributed by atoms with Crippen molar-refractivity contribution in [2.24, 2.45) is 0 Å². The summed E-state index contributed by atoms with van der Waals surface area (Å²) in [6.45, 7) is 0.00658. The first-order chi connectivity index (χ1) is 10.2. The van der Waals surface area contributed by atoms with Crippen molar-refractivity contribution in [1.82, 2.24) is 10.4 Å². The maximum Gasteiger partial charge on any atom is 0.260 e. The van der Waals surface area contributed by atoms with Gasteiger partial charge in [-0.1, -0.05) is 60.7 Å². The topological polar surface area (TPSA) is 41.6 Å². The number of hydrazine groups is 1. The zero-order chi connectivity index (χ0) is 15.1. The van der Waals surface area contributed by atoms with Crippen molar-refractivity contribution >= 4 is 5.91 Å². The van der Waals surface area contributed by atoms with E-state index in [1.165, 1.54) is 0 Å². The second-order valence-corrected chi connectivity index (χ2v) is 4.94. The van der Waals surface area contributed by atoms with Crippen LogP contribution in [0.5, 0.6) is 0 Å². The van der Waals surface area contributed by atoms with Crippen LogP contribution in [0.25, 0.3) is 0 Å². The summed E-state index contributed by atoms with van der Waals surface area (Å²) in [5, 5.41) is 1.60. The van der Waals surface area contributed by atoms with Gasteiger partial charge < -0.3 is 4.74 Å². The van der Waals surface area contributed by atoms with Gasteiger partial charge in [0.15, 0.2) is 0 Å². The van der Waals surface area contributed by atoms with Crippen molar-refractivity contribution in [1.29, 1.82) is 0 Å². The molecule has 0 saturated heterocycles. The molecule has 2 aromatic rings. The van der Waals surface area contributed by atoms with Gasteiger partial charge in [-0.05, 0) is 11.1 Å². The lowest BCUT2D eigenvalue weighted by Gasteiger charge is -2.19. The molecule has 0 aliphatic carbocycles. The fraction of sp³-hybridized carbons (Fsp3) is 0.235. The Kier molecular flexibility index (Phi) is 5.49. The average Bonchev–Trinajstić information content (AvgIpc) is 2.49. The number of hydrogen-bond acceptors (Lipinski definition) is 3. The van der Waals surface area contributed by atoms with Gasteiger partial charge in [0, 0.05) is 14.1 Å². The first kappa shape index (κ1) is 15.2. The van der Waals surface area contributed by atoms with Crippen LogP contribution >= 0.6 is 0 Å². The lowest BCUT2D eigenvalue weighted by molar-refractivity contribution is -0.130. The van der Waals surface area contributed by atoms with Crippen LogP contribution in [-0.4, -0.2) is 31.6 Å². The smallest absolute Gasteiger partial charge is 0.260 e. The van der Waals surface area contributed by atoms with E-state index in [1.807, 2.05) is 60.7 Å². The standard InChI is InChI=1S/C17H20N2O2/c1-19(2)18-16(20)13-21-17(14-9-5-3-6-10-14)15-11-7-4-8-12-15/h3-12,17H,13H2,1-2H3,(H,18,20). The van der Waals surface area contributed by atoms with Crippen molar-refractivity contribution in [3.8, 4) is 0 Å². The summed E-state index contributed by atoms with van der Waals surface area (Å²) in [4.78, 5) is 11.7. The van der Waals surface area contributed by atoms with Gasteiger partial charge in [0.1, 0.15) is 12.7 Å². The fourth-order valence-corrected chi connectivity index (χ4v) is 2.08. The summed E-state index contributed by atoms with van der Waals surface area (Å²) < 4.78 is 5.84. The second kappa shape index (κ2) is 7.57. The van der Waals surface area contributed by atoms with E-state index in [-0.39, 0.29) is 18.6 Å². The molecular weight excluding hydrogens is 264 g/mol. The summed E-state index contributed by atoms with van der Waals surface area (Å²) >= 11 is 0. The monoisotopic (exact) mass is 284 g/mol. The van der Waals surface area contributed by atoms with Gasteiger partial charge in [-0.15, -0.1) is 0 Å². The summed E-state index contributed by atoms with van der Waals surface area (Å²) in [6.07, 6.45) is -0.250. The number of rotatable bonds is 6. The van der Waals surface area contributed by atoms with E-state index in [4.69, 9.17) is 4.74 Å². The van der Waals surface area contributed by atoms with Crippen molar-refractivity contribution < 1.29 is 9.53 Å². The SMILES string of the molecule is CN(C)NC(=O)COC(c1ccccc1)c1ccccc1. The van der Waals surface area contributed by atoms with E-state index in [2.05, 4.69) is 5.43 Å². The highest BCUT2D eigenvalue weighted by Crippen LogP contribution is 2.25. The highest BCUT2D eigenvalue weighted by Gasteiger charge is 2.16. The van der Waals surface area contributed by atoms with E-state index >= 15 is 0 Å². The molecule has 4 nitrogen and oxygen atoms in total. The number of benzene rings is 2. The molecule has 0 fully saturated rings. The Balaban J connectivity index is 2.12. The molecule has 0 aliphatic rings. The Morgan fingerprint density at radius 2 is 1.48 bits per heavy atom. The molecule has 21 heavy (non-hydrogen) atoms. The summed E-state index contributed by atoms with van der Waals surface area (Å²) in [6, 6.07) is 19.8. The van der Waals surface area contributed by atoms with Gasteiger partial charge in [-0.25, -0.2) is 5.01 Å². The second-order valence-electron chi connectivity index (χ2n) is 4.94. The molecule has 0 heterocycles. The number of nitrogens with one attached hydrogen (secondary N) is 1. The zero-order valence-corrected chi connectivity index (χ0v) is 12.3. The fourth-order valence-electron chi connectivity index (χ4n) is 2.08. The molecule has 4 heteroatoms. The molecule has 2 aromatic carbocycles. The molecule has 1 N–H and O–H groups in total. The minimum absolute atomic E-state index is 0.00658. The maximum absolute atomic E-state index is 11.7. The quantitative estimate of drug-likeness (QED) is 0.828. The Morgan fingerprint density at radius 1 is 1.00 bits per heavy atom. The molecule has 0 aliphatic heterocycles. The number of carbonyl (C=O) groups excluding carboxylic acids is 1. The normalized spacial score (nSPS) is 10.9. The van der Waals surface area contributed by atoms with Gasteiger partial charge in [0.25, 0.3) is 5.91 Å². The van der Waals surface area contributed by atoms with E-state index in [0.717, 1.165) is 11.1 Å². The van der Waals surface area contributed by atoms with Gasteiger partial charge in [0.05, 0.1) is 0 Å². The average molecular weight is 284 g/mol. The number of hydrogen-bond donors (Lipinski definition) is 1. The van der Waals surface area contributed by atoms with Gasteiger partial charge in [0.2, 0.25) is 0 Å². The van der Waals surface area contributed by atoms with Crippen LogP contribution in [0.1, 0.15) is 17.2 Å². The van der Waals surface area contributed by atoms with Gasteiger partial charge in [-0.3, -0.25) is 10.2 Å². The lowest BCUT2D eigenvalue weighted by atomic mass is 10.0. The first-order valence-corrected chi connectivity index (χ1v) is 6.85. The van der Waals surface area contributed by atoms with Crippen molar-refractivity contribution in [2.45, 2.75) is 6.10 Å². The molecule has 0 radical (unpaired) electrons. The Labute approximate surface area is 125 Å². The van der Waals surface area contributed by atoms with E-state index in [1.54, 1.807) is 19.1 Å². The molecule has 0 atom stereocenters. The molecule has 1 amide bonds. The Hall–Kier alpha value is -2.17. The zero-order valence-electron chi connectivity index (χ0n) is 12.3. The number of carbonyl (C=O) groups is 1. The van der Waals surface area contributed by atoms with E-state index < -0.39 is 0 Å². The van der Waals surface area contributed by atoms with Crippen LogP contribution in [0.3, 0.4) is 0 Å². The summed E-state index contributed by atoms with van der Waals surface area (Å²) in [5.74, 6) is -0.170. The molecule has 0 spiro atoms. The van der Waals surface area contributed by atoms with Gasteiger partial charge >= 0.3 is 0 Å². The van der Waals surface area contributed by atoms with Crippen LogP contribution in [0.4, 0.5) is 0 Å². The number of nitrogens with zero attached hydrogens (tertiary/aromatic N) is 1. The third-order valence-corrected chi connectivity index (χ3v) is 2.93. The van der Waals surface area contributed by atoms with Crippen LogP contribution in [-0.2, 0) is 9.53 Å². The molecule has 110 valence electrons. The first-order valence-electron chi connectivity index (χ1n) is 6.85. The van der Waals surface area contributed by atoms with Crippen LogP contribution < -0.4 is 5.43 Å². The van der Waals surface area contributed by atoms with Crippen LogP contribution in [0, 0.1) is 0 Å². The van der Waals surface area contributed by atoms with Crippen LogP contribution in [0.2, 0.25) is 0 Å². The Morgan fingerprint density at radius 3 is 1.90 bits per heavy atom. The summed E-state index contributed by atoms with van der Waals surface area (Å²) in [7, 11) is 3.54. The number of amides is 1. The lowest BCUT2D eigenvalue weighted by Crippen LogP contribution is -2.38. The minimum atomic E-state index is -0.250. The molecule has 0 saturated carbocycles. The molecule has 2 rings (SSSR count). The number of ether oxygens (including phenoxy) is 1.